The first kappa shape index (κ1) is 23.8. The Labute approximate surface area is 205 Å². The van der Waals surface area contributed by atoms with Crippen molar-refractivity contribution >= 4 is 32.8 Å². The summed E-state index contributed by atoms with van der Waals surface area (Å²) in [4.78, 5) is 5.25. The summed E-state index contributed by atoms with van der Waals surface area (Å²) in [6.07, 6.45) is 6.60. The van der Waals surface area contributed by atoms with Gasteiger partial charge >= 0.3 is 0 Å². The highest BCUT2D eigenvalue weighted by Crippen LogP contribution is 2.38. The van der Waals surface area contributed by atoms with Crippen LogP contribution in [-0.4, -0.2) is 35.4 Å². The third-order valence-electron chi connectivity index (χ3n) is 7.24. The van der Waals surface area contributed by atoms with E-state index in [1.807, 2.05) is 19.1 Å². The normalized spacial score (nSPS) is 20.4. The van der Waals surface area contributed by atoms with Gasteiger partial charge in [-0.15, -0.1) is 0 Å². The van der Waals surface area contributed by atoms with Crippen molar-refractivity contribution < 1.29 is 12.8 Å². The Morgan fingerprint density at radius 2 is 1.88 bits per heavy atom. The molecule has 182 valence electrons. The van der Waals surface area contributed by atoms with Crippen molar-refractivity contribution in [2.24, 2.45) is 5.92 Å². The molecular weight excluding hydrogens is 469 g/mol. The fourth-order valence-corrected chi connectivity index (χ4v) is 8.09. The second-order valence-corrected chi connectivity index (χ2v) is 12.7. The monoisotopic (exact) mass is 501 g/mol. The molecule has 0 radical (unpaired) electrons. The van der Waals surface area contributed by atoms with E-state index in [2.05, 4.69) is 11.5 Å². The number of sulfonamides is 1. The van der Waals surface area contributed by atoms with Gasteiger partial charge in [-0.3, -0.25) is 0 Å². The smallest absolute Gasteiger partial charge is 0.243 e. The summed E-state index contributed by atoms with van der Waals surface area (Å²) in [6, 6.07) is 10.7. The predicted molar refractivity (Wildman–Crippen MR) is 135 cm³/mol. The van der Waals surface area contributed by atoms with Gasteiger partial charge < -0.3 is 4.57 Å². The Balaban J connectivity index is 1.49. The fraction of sp³-hybridized carbons (Fsp3) is 0.500. The third kappa shape index (κ3) is 4.64. The number of thioether (sulfide) groups is 1. The largest absolute Gasteiger partial charge is 0.316 e. The molecule has 1 aliphatic carbocycles. The van der Waals surface area contributed by atoms with E-state index < -0.39 is 10.0 Å². The van der Waals surface area contributed by atoms with Crippen LogP contribution in [-0.2, 0) is 15.8 Å². The average molecular weight is 502 g/mol. The number of hydrogen-bond donors (Lipinski definition) is 0. The molecule has 1 atom stereocenters. The maximum absolute atomic E-state index is 13.5. The molecule has 34 heavy (non-hydrogen) atoms. The Hall–Kier alpha value is -1.90. The molecule has 1 saturated heterocycles. The number of imidazole rings is 1. The van der Waals surface area contributed by atoms with Crippen LogP contribution in [0.2, 0.25) is 0 Å². The molecule has 5 nitrogen and oxygen atoms in total. The lowest BCUT2D eigenvalue weighted by molar-refractivity contribution is 0.281. The minimum absolute atomic E-state index is 0.221. The number of aromatic nitrogens is 2. The summed E-state index contributed by atoms with van der Waals surface area (Å²) in [7, 11) is -3.53. The van der Waals surface area contributed by atoms with Crippen LogP contribution >= 0.6 is 11.8 Å². The van der Waals surface area contributed by atoms with Crippen molar-refractivity contribution in [3.63, 3.8) is 0 Å². The minimum atomic E-state index is -3.53. The molecule has 2 aromatic carbocycles. The maximum atomic E-state index is 13.5. The maximum Gasteiger partial charge on any atom is 0.243 e. The third-order valence-corrected chi connectivity index (χ3v) is 10.1. The van der Waals surface area contributed by atoms with Gasteiger partial charge in [0.05, 0.1) is 15.9 Å². The first-order chi connectivity index (χ1) is 16.3. The second kappa shape index (κ2) is 9.63. The van der Waals surface area contributed by atoms with Crippen LogP contribution in [0.25, 0.3) is 11.0 Å². The van der Waals surface area contributed by atoms with Crippen LogP contribution < -0.4 is 0 Å². The van der Waals surface area contributed by atoms with Crippen molar-refractivity contribution in [2.45, 2.75) is 74.2 Å². The SMILES string of the molecule is Cc1cc(F)ccc1CSc1nc2cc(S(=O)(=O)N3CCC[C@@H](C)C3)ccc2n1C1CCCC1. The summed E-state index contributed by atoms with van der Waals surface area (Å²) < 4.78 is 44.2. The lowest BCUT2D eigenvalue weighted by Crippen LogP contribution is -2.39. The molecule has 2 heterocycles. The highest BCUT2D eigenvalue weighted by atomic mass is 32.2. The molecule has 0 unspecified atom stereocenters. The van der Waals surface area contributed by atoms with E-state index in [0.29, 0.717) is 35.7 Å². The second-order valence-electron chi connectivity index (χ2n) is 9.82. The first-order valence-electron chi connectivity index (χ1n) is 12.2. The molecule has 5 rings (SSSR count). The molecule has 1 aromatic heterocycles. The van der Waals surface area contributed by atoms with Crippen molar-refractivity contribution in [1.29, 1.82) is 0 Å². The van der Waals surface area contributed by atoms with Crippen molar-refractivity contribution in [3.05, 3.63) is 53.3 Å². The predicted octanol–water partition coefficient (Wildman–Crippen LogP) is 6.31. The van der Waals surface area contributed by atoms with Crippen molar-refractivity contribution in [3.8, 4) is 0 Å². The standard InChI is InChI=1S/C26H32FN3O2S2/c1-18-6-5-13-29(16-18)34(31,32)23-11-12-25-24(15-23)28-26(30(25)22-7-3-4-8-22)33-17-20-9-10-21(27)14-19(20)2/h9-12,14-15,18,22H,3-8,13,16-17H2,1-2H3/t18-/m1/s1. The number of fused-ring (bicyclic) bond motifs is 1. The van der Waals surface area contributed by atoms with Gasteiger partial charge in [0.2, 0.25) is 10.0 Å². The van der Waals surface area contributed by atoms with E-state index in [1.54, 1.807) is 34.3 Å². The Morgan fingerprint density at radius 1 is 1.09 bits per heavy atom. The molecule has 8 heteroatoms. The number of hydrogen-bond acceptors (Lipinski definition) is 4. The summed E-state index contributed by atoms with van der Waals surface area (Å²) in [5.41, 5.74) is 3.74. The Kier molecular flexibility index (Phi) is 6.75. The number of piperidine rings is 1. The highest BCUT2D eigenvalue weighted by Gasteiger charge is 2.30. The van der Waals surface area contributed by atoms with Crippen molar-refractivity contribution in [1.82, 2.24) is 13.9 Å². The van der Waals surface area contributed by atoms with Gasteiger partial charge in [0, 0.05) is 24.9 Å². The van der Waals surface area contributed by atoms with Gasteiger partial charge in [0.25, 0.3) is 0 Å². The van der Waals surface area contributed by atoms with E-state index >= 15 is 0 Å². The van der Waals surface area contributed by atoms with Crippen LogP contribution in [0.15, 0.2) is 46.5 Å². The number of aryl methyl sites for hydroxylation is 1. The van der Waals surface area contributed by atoms with Gasteiger partial charge in [-0.05, 0) is 80.0 Å². The van der Waals surface area contributed by atoms with Gasteiger partial charge in [-0.2, -0.15) is 4.31 Å². The number of benzene rings is 2. The van der Waals surface area contributed by atoms with E-state index in [1.165, 1.54) is 18.9 Å². The van der Waals surface area contributed by atoms with Crippen LogP contribution in [0, 0.1) is 18.7 Å². The molecule has 2 aliphatic rings. The Morgan fingerprint density at radius 3 is 2.62 bits per heavy atom. The summed E-state index contributed by atoms with van der Waals surface area (Å²) in [6.45, 7) is 5.20. The molecule has 0 N–H and O–H groups in total. The first-order valence-corrected chi connectivity index (χ1v) is 14.7. The van der Waals surface area contributed by atoms with E-state index in [4.69, 9.17) is 4.98 Å². The summed E-state index contributed by atoms with van der Waals surface area (Å²) >= 11 is 1.64. The molecular formula is C26H32FN3O2S2. The van der Waals surface area contributed by atoms with Crippen molar-refractivity contribution in [2.75, 3.05) is 13.1 Å². The van der Waals surface area contributed by atoms with Crippen LogP contribution in [0.4, 0.5) is 4.39 Å². The molecule has 0 amide bonds. The lowest BCUT2D eigenvalue weighted by Gasteiger charge is -2.30. The molecule has 1 aliphatic heterocycles. The zero-order valence-electron chi connectivity index (χ0n) is 19.8. The van der Waals surface area contributed by atoms with E-state index in [9.17, 15) is 12.8 Å². The van der Waals surface area contributed by atoms with Gasteiger partial charge in [-0.1, -0.05) is 37.6 Å². The molecule has 2 fully saturated rings. The molecule has 1 saturated carbocycles. The van der Waals surface area contributed by atoms with E-state index in [0.717, 1.165) is 53.0 Å². The molecule has 3 aromatic rings. The summed E-state index contributed by atoms with van der Waals surface area (Å²) in [5, 5.41) is 0.909. The minimum Gasteiger partial charge on any atom is -0.316 e. The van der Waals surface area contributed by atoms with Gasteiger partial charge in [0.1, 0.15) is 5.82 Å². The summed E-state index contributed by atoms with van der Waals surface area (Å²) in [5.74, 6) is 0.854. The van der Waals surface area contributed by atoms with Crippen LogP contribution in [0.1, 0.15) is 62.6 Å². The number of rotatable bonds is 6. The fourth-order valence-electron chi connectivity index (χ4n) is 5.31. The zero-order chi connectivity index (χ0) is 23.9. The zero-order valence-corrected chi connectivity index (χ0v) is 21.5. The van der Waals surface area contributed by atoms with E-state index in [-0.39, 0.29) is 5.82 Å². The quantitative estimate of drug-likeness (QED) is 0.371. The molecule has 0 bridgehead atoms. The lowest BCUT2D eigenvalue weighted by atomic mass is 10.0. The van der Waals surface area contributed by atoms with Gasteiger partial charge in [0.15, 0.2) is 5.16 Å². The Bertz CT molecular complexity index is 1300. The average Bonchev–Trinajstić information content (AvgIpc) is 3.45. The van der Waals surface area contributed by atoms with Crippen LogP contribution in [0.3, 0.4) is 0 Å². The topological polar surface area (TPSA) is 55.2 Å². The van der Waals surface area contributed by atoms with Gasteiger partial charge in [-0.25, -0.2) is 17.8 Å². The number of nitrogens with zero attached hydrogens (tertiary/aromatic N) is 3. The van der Waals surface area contributed by atoms with Crippen LogP contribution in [0.5, 0.6) is 0 Å². The highest BCUT2D eigenvalue weighted by molar-refractivity contribution is 7.98. The number of halogens is 1. The molecule has 0 spiro atoms.